The Bertz CT molecular complexity index is 1030. The second-order valence-electron chi connectivity index (χ2n) is 6.83. The third-order valence-electron chi connectivity index (χ3n) is 4.94. The number of morpholine rings is 1. The van der Waals surface area contributed by atoms with Gasteiger partial charge in [0.1, 0.15) is 29.7 Å². The number of aromatic nitrogens is 1. The smallest absolute Gasteiger partial charge is 0.249 e. The number of hydrogen-bond acceptors (Lipinski definition) is 5. The summed E-state index contributed by atoms with van der Waals surface area (Å²) >= 11 is 0. The minimum atomic E-state index is -0.389. The monoisotopic (exact) mass is 408 g/mol. The van der Waals surface area contributed by atoms with Crippen molar-refractivity contribution in [2.24, 2.45) is 0 Å². The maximum atomic E-state index is 13.2. The Labute approximate surface area is 173 Å². The molecule has 0 spiro atoms. The highest BCUT2D eigenvalue weighted by Gasteiger charge is 2.32. The first kappa shape index (κ1) is 19.8. The number of ether oxygens (including phenoxy) is 3. The molecular formula is C23H21FN2O4. The van der Waals surface area contributed by atoms with Gasteiger partial charge in [-0.05, 0) is 36.4 Å². The molecule has 1 aromatic heterocycles. The van der Waals surface area contributed by atoms with Crippen LogP contribution in [0.5, 0.6) is 17.2 Å². The fourth-order valence-electron chi connectivity index (χ4n) is 3.44. The molecule has 6 nitrogen and oxygen atoms in total. The van der Waals surface area contributed by atoms with Crippen molar-refractivity contribution in [3.63, 3.8) is 0 Å². The standard InChI is InChI=1S/C23H21FN2O4/c1-28-21-5-3-2-4-16(21)13-26-20(14-29-15-23(26)27)19-12-25-11-10-22(19)30-18-8-6-17(24)7-9-18/h2-12,20H,13-15H2,1H3. The molecule has 1 amide bonds. The van der Waals surface area contributed by atoms with Gasteiger partial charge in [-0.1, -0.05) is 18.2 Å². The van der Waals surface area contributed by atoms with Crippen molar-refractivity contribution in [2.45, 2.75) is 12.6 Å². The summed E-state index contributed by atoms with van der Waals surface area (Å²) in [5, 5.41) is 0. The number of amides is 1. The van der Waals surface area contributed by atoms with Gasteiger partial charge in [-0.2, -0.15) is 0 Å². The molecular weight excluding hydrogens is 387 g/mol. The van der Waals surface area contributed by atoms with Crippen LogP contribution < -0.4 is 9.47 Å². The van der Waals surface area contributed by atoms with E-state index in [2.05, 4.69) is 4.98 Å². The second-order valence-corrected chi connectivity index (χ2v) is 6.83. The van der Waals surface area contributed by atoms with Crippen LogP contribution in [0, 0.1) is 5.82 Å². The van der Waals surface area contributed by atoms with Crippen LogP contribution in [0.2, 0.25) is 0 Å². The highest BCUT2D eigenvalue weighted by molar-refractivity contribution is 5.79. The first-order valence-corrected chi connectivity index (χ1v) is 9.52. The Kier molecular flexibility index (Phi) is 5.90. The van der Waals surface area contributed by atoms with Crippen LogP contribution in [0.25, 0.3) is 0 Å². The fraction of sp³-hybridized carbons (Fsp3) is 0.217. The number of carbonyl (C=O) groups is 1. The lowest BCUT2D eigenvalue weighted by atomic mass is 10.0. The molecule has 0 aliphatic carbocycles. The van der Waals surface area contributed by atoms with Crippen molar-refractivity contribution in [1.29, 1.82) is 0 Å². The molecule has 1 atom stereocenters. The van der Waals surface area contributed by atoms with Gasteiger partial charge in [-0.25, -0.2) is 4.39 Å². The highest BCUT2D eigenvalue weighted by atomic mass is 19.1. The number of hydrogen-bond donors (Lipinski definition) is 0. The zero-order valence-electron chi connectivity index (χ0n) is 16.5. The molecule has 0 N–H and O–H groups in total. The van der Waals surface area contributed by atoms with Gasteiger partial charge in [-0.3, -0.25) is 9.78 Å². The molecule has 1 aliphatic heterocycles. The van der Waals surface area contributed by atoms with Crippen LogP contribution in [0.1, 0.15) is 17.2 Å². The zero-order chi connectivity index (χ0) is 20.9. The number of para-hydroxylation sites is 1. The summed E-state index contributed by atoms with van der Waals surface area (Å²) in [6.07, 6.45) is 3.28. The summed E-state index contributed by atoms with van der Waals surface area (Å²) in [6.45, 7) is 0.689. The lowest BCUT2D eigenvalue weighted by molar-refractivity contribution is -0.149. The Morgan fingerprint density at radius 3 is 2.73 bits per heavy atom. The van der Waals surface area contributed by atoms with E-state index in [-0.39, 0.29) is 24.4 Å². The molecule has 7 heteroatoms. The molecule has 1 fully saturated rings. The average Bonchev–Trinajstić information content (AvgIpc) is 2.77. The molecule has 1 aliphatic rings. The normalized spacial score (nSPS) is 16.4. The SMILES string of the molecule is COc1ccccc1CN1C(=O)COCC1c1cnccc1Oc1ccc(F)cc1. The predicted molar refractivity (Wildman–Crippen MR) is 108 cm³/mol. The van der Waals surface area contributed by atoms with Crippen molar-refractivity contribution in [1.82, 2.24) is 9.88 Å². The number of benzene rings is 2. The molecule has 2 heterocycles. The van der Waals surface area contributed by atoms with Crippen LogP contribution >= 0.6 is 0 Å². The van der Waals surface area contributed by atoms with E-state index in [0.717, 1.165) is 5.56 Å². The van der Waals surface area contributed by atoms with E-state index in [1.807, 2.05) is 24.3 Å². The van der Waals surface area contributed by atoms with Gasteiger partial charge in [0.05, 0.1) is 26.3 Å². The zero-order valence-corrected chi connectivity index (χ0v) is 16.5. The number of pyridine rings is 1. The Hall–Kier alpha value is -3.45. The van der Waals surface area contributed by atoms with Crippen molar-refractivity contribution >= 4 is 5.91 Å². The number of methoxy groups -OCH3 is 1. The van der Waals surface area contributed by atoms with Gasteiger partial charge < -0.3 is 19.1 Å². The molecule has 154 valence electrons. The van der Waals surface area contributed by atoms with E-state index in [1.54, 1.807) is 42.6 Å². The summed E-state index contributed by atoms with van der Waals surface area (Å²) in [6, 6.07) is 14.7. The first-order valence-electron chi connectivity index (χ1n) is 9.52. The molecule has 30 heavy (non-hydrogen) atoms. The summed E-state index contributed by atoms with van der Waals surface area (Å²) in [4.78, 5) is 18.7. The van der Waals surface area contributed by atoms with Gasteiger partial charge in [-0.15, -0.1) is 0 Å². The number of carbonyl (C=O) groups excluding carboxylic acids is 1. The molecule has 1 unspecified atom stereocenters. The van der Waals surface area contributed by atoms with E-state index in [4.69, 9.17) is 14.2 Å². The Morgan fingerprint density at radius 1 is 1.13 bits per heavy atom. The van der Waals surface area contributed by atoms with Crippen LogP contribution in [-0.2, 0) is 16.1 Å². The number of nitrogens with zero attached hydrogens (tertiary/aromatic N) is 2. The van der Waals surface area contributed by atoms with E-state index in [9.17, 15) is 9.18 Å². The second kappa shape index (κ2) is 8.92. The number of halogens is 1. The highest BCUT2D eigenvalue weighted by Crippen LogP contribution is 2.35. The maximum absolute atomic E-state index is 13.2. The summed E-state index contributed by atoms with van der Waals surface area (Å²) in [5.41, 5.74) is 1.61. The molecule has 4 rings (SSSR count). The van der Waals surface area contributed by atoms with Gasteiger partial charge in [0.15, 0.2) is 0 Å². The Balaban J connectivity index is 1.65. The van der Waals surface area contributed by atoms with Gasteiger partial charge in [0.2, 0.25) is 5.91 Å². The van der Waals surface area contributed by atoms with Crippen LogP contribution in [0.3, 0.4) is 0 Å². The third-order valence-corrected chi connectivity index (χ3v) is 4.94. The first-order chi connectivity index (χ1) is 14.7. The molecule has 3 aromatic rings. The minimum Gasteiger partial charge on any atom is -0.496 e. The Morgan fingerprint density at radius 2 is 1.93 bits per heavy atom. The molecule has 1 saturated heterocycles. The molecule has 0 radical (unpaired) electrons. The largest absolute Gasteiger partial charge is 0.496 e. The minimum absolute atomic E-state index is 0.0140. The molecule has 0 bridgehead atoms. The van der Waals surface area contributed by atoms with Gasteiger partial charge in [0.25, 0.3) is 0 Å². The topological polar surface area (TPSA) is 60.9 Å². The van der Waals surface area contributed by atoms with Crippen LogP contribution in [-0.4, -0.2) is 36.1 Å². The summed E-state index contributed by atoms with van der Waals surface area (Å²) in [7, 11) is 1.60. The van der Waals surface area contributed by atoms with Crippen molar-refractivity contribution in [3.05, 3.63) is 83.9 Å². The van der Waals surface area contributed by atoms with Crippen LogP contribution in [0.4, 0.5) is 4.39 Å². The molecule has 0 saturated carbocycles. The van der Waals surface area contributed by atoms with Crippen molar-refractivity contribution in [3.8, 4) is 17.2 Å². The summed E-state index contributed by atoms with van der Waals surface area (Å²) < 4.78 is 30.2. The van der Waals surface area contributed by atoms with Crippen molar-refractivity contribution < 1.29 is 23.4 Å². The fourth-order valence-corrected chi connectivity index (χ4v) is 3.44. The lowest BCUT2D eigenvalue weighted by Gasteiger charge is -2.36. The van der Waals surface area contributed by atoms with Gasteiger partial charge >= 0.3 is 0 Å². The van der Waals surface area contributed by atoms with Crippen molar-refractivity contribution in [2.75, 3.05) is 20.3 Å². The summed E-state index contributed by atoms with van der Waals surface area (Å²) in [5.74, 6) is 1.26. The van der Waals surface area contributed by atoms with Crippen LogP contribution in [0.15, 0.2) is 67.0 Å². The number of rotatable bonds is 6. The van der Waals surface area contributed by atoms with Gasteiger partial charge in [0, 0.05) is 23.5 Å². The van der Waals surface area contributed by atoms with E-state index >= 15 is 0 Å². The van der Waals surface area contributed by atoms with E-state index in [1.165, 1.54) is 12.1 Å². The van der Waals surface area contributed by atoms with E-state index < -0.39 is 0 Å². The third kappa shape index (κ3) is 4.26. The average molecular weight is 408 g/mol. The predicted octanol–water partition coefficient (Wildman–Crippen LogP) is 4.12. The maximum Gasteiger partial charge on any atom is 0.249 e. The van der Waals surface area contributed by atoms with E-state index in [0.29, 0.717) is 36.0 Å². The lowest BCUT2D eigenvalue weighted by Crippen LogP contribution is -2.43. The quantitative estimate of drug-likeness (QED) is 0.614. The molecule has 2 aromatic carbocycles.